The molecule has 1 unspecified atom stereocenters. The first-order valence-electron chi connectivity index (χ1n) is 6.54. The second-order valence-corrected chi connectivity index (χ2v) is 4.71. The Hall–Kier alpha value is -2.28. The number of methoxy groups -OCH3 is 1. The molecule has 0 bridgehead atoms. The van der Waals surface area contributed by atoms with Gasteiger partial charge in [0.1, 0.15) is 5.75 Å². The molecule has 0 saturated carbocycles. The second-order valence-electron chi connectivity index (χ2n) is 4.71. The SMILES string of the molecule is CNC(=O)CN(C)C(C)C(=O)Nc1ccc(OC)cc1N. The number of anilines is 2. The standard InChI is InChI=1S/C14H22N4O3/c1-9(18(3)8-13(19)16-2)14(20)17-12-6-5-10(21-4)7-11(12)15/h5-7,9H,8,15H2,1-4H3,(H,16,19)(H,17,20). The monoisotopic (exact) mass is 294 g/mol. The number of hydrogen-bond acceptors (Lipinski definition) is 5. The normalized spacial score (nSPS) is 11.9. The summed E-state index contributed by atoms with van der Waals surface area (Å²) < 4.78 is 5.05. The number of hydrogen-bond donors (Lipinski definition) is 3. The lowest BCUT2D eigenvalue weighted by atomic mass is 10.2. The minimum atomic E-state index is -0.469. The number of benzene rings is 1. The Morgan fingerprint density at radius 2 is 2.10 bits per heavy atom. The third-order valence-electron chi connectivity index (χ3n) is 3.23. The van der Waals surface area contributed by atoms with Gasteiger partial charge in [-0.25, -0.2) is 0 Å². The molecule has 0 spiro atoms. The molecule has 1 aromatic rings. The van der Waals surface area contributed by atoms with Crippen LogP contribution in [0, 0.1) is 0 Å². The van der Waals surface area contributed by atoms with Crippen LogP contribution in [-0.2, 0) is 9.59 Å². The molecular formula is C14H22N4O3. The fourth-order valence-corrected chi connectivity index (χ4v) is 1.66. The average Bonchev–Trinajstić information content (AvgIpc) is 2.47. The summed E-state index contributed by atoms with van der Waals surface area (Å²) in [5, 5.41) is 5.26. The highest BCUT2D eigenvalue weighted by Gasteiger charge is 2.20. The second kappa shape index (κ2) is 7.49. The Morgan fingerprint density at radius 3 is 2.62 bits per heavy atom. The molecule has 7 nitrogen and oxygen atoms in total. The van der Waals surface area contributed by atoms with Crippen LogP contribution in [0.25, 0.3) is 0 Å². The van der Waals surface area contributed by atoms with Gasteiger partial charge in [0, 0.05) is 13.1 Å². The summed E-state index contributed by atoms with van der Waals surface area (Å²) in [6.07, 6.45) is 0. The highest BCUT2D eigenvalue weighted by Crippen LogP contribution is 2.24. The smallest absolute Gasteiger partial charge is 0.241 e. The first-order valence-corrected chi connectivity index (χ1v) is 6.54. The molecule has 0 aliphatic rings. The van der Waals surface area contributed by atoms with Gasteiger partial charge < -0.3 is 21.1 Å². The van der Waals surface area contributed by atoms with Crippen molar-refractivity contribution in [2.75, 3.05) is 38.8 Å². The molecule has 1 aromatic carbocycles. The third kappa shape index (κ3) is 4.64. The maximum absolute atomic E-state index is 12.2. The highest BCUT2D eigenvalue weighted by molar-refractivity contribution is 5.97. The van der Waals surface area contributed by atoms with Gasteiger partial charge in [-0.2, -0.15) is 0 Å². The van der Waals surface area contributed by atoms with E-state index in [-0.39, 0.29) is 18.4 Å². The van der Waals surface area contributed by atoms with Gasteiger partial charge in [-0.3, -0.25) is 14.5 Å². The zero-order valence-corrected chi connectivity index (χ0v) is 12.8. The highest BCUT2D eigenvalue weighted by atomic mass is 16.5. The van der Waals surface area contributed by atoms with E-state index in [1.165, 1.54) is 0 Å². The molecule has 0 fully saturated rings. The van der Waals surface area contributed by atoms with E-state index in [1.807, 2.05) is 0 Å². The molecule has 0 aliphatic carbocycles. The van der Waals surface area contributed by atoms with Crippen LogP contribution in [0.4, 0.5) is 11.4 Å². The van der Waals surface area contributed by atoms with Gasteiger partial charge in [-0.1, -0.05) is 0 Å². The third-order valence-corrected chi connectivity index (χ3v) is 3.23. The van der Waals surface area contributed by atoms with E-state index in [0.29, 0.717) is 17.1 Å². The number of nitrogens with zero attached hydrogens (tertiary/aromatic N) is 1. The van der Waals surface area contributed by atoms with E-state index in [0.717, 1.165) is 0 Å². The number of amides is 2. The van der Waals surface area contributed by atoms with Crippen LogP contribution in [0.15, 0.2) is 18.2 Å². The van der Waals surface area contributed by atoms with Gasteiger partial charge in [0.15, 0.2) is 0 Å². The summed E-state index contributed by atoms with van der Waals surface area (Å²) in [6.45, 7) is 1.86. The van der Waals surface area contributed by atoms with Gasteiger partial charge in [-0.15, -0.1) is 0 Å². The molecule has 21 heavy (non-hydrogen) atoms. The molecule has 1 rings (SSSR count). The van der Waals surface area contributed by atoms with Crippen LogP contribution in [-0.4, -0.2) is 50.5 Å². The molecule has 0 aromatic heterocycles. The fourth-order valence-electron chi connectivity index (χ4n) is 1.66. The van der Waals surface area contributed by atoms with Gasteiger partial charge in [0.25, 0.3) is 0 Å². The Balaban J connectivity index is 2.69. The number of likely N-dealkylation sites (N-methyl/N-ethyl adjacent to an activating group) is 2. The van der Waals surface area contributed by atoms with Crippen molar-refractivity contribution in [2.45, 2.75) is 13.0 Å². The summed E-state index contributed by atoms with van der Waals surface area (Å²) in [5.74, 6) is 0.231. The molecule has 0 heterocycles. The van der Waals surface area contributed by atoms with Crippen LogP contribution in [0.1, 0.15) is 6.92 Å². The Morgan fingerprint density at radius 1 is 1.43 bits per heavy atom. The van der Waals surface area contributed by atoms with Crippen molar-refractivity contribution in [1.29, 1.82) is 0 Å². The number of ether oxygens (including phenoxy) is 1. The number of rotatable bonds is 6. The maximum atomic E-state index is 12.2. The molecule has 1 atom stereocenters. The molecule has 116 valence electrons. The van der Waals surface area contributed by atoms with Crippen LogP contribution in [0.5, 0.6) is 5.75 Å². The van der Waals surface area contributed by atoms with Gasteiger partial charge in [0.05, 0.1) is 31.1 Å². The number of nitrogen functional groups attached to an aromatic ring is 1. The number of carbonyl (C=O) groups is 2. The zero-order chi connectivity index (χ0) is 16.0. The summed E-state index contributed by atoms with van der Waals surface area (Å²) >= 11 is 0. The van der Waals surface area contributed by atoms with Gasteiger partial charge >= 0.3 is 0 Å². The van der Waals surface area contributed by atoms with Crippen molar-refractivity contribution < 1.29 is 14.3 Å². The lowest BCUT2D eigenvalue weighted by Crippen LogP contribution is -2.44. The van der Waals surface area contributed by atoms with E-state index in [9.17, 15) is 9.59 Å². The minimum Gasteiger partial charge on any atom is -0.497 e. The lowest BCUT2D eigenvalue weighted by molar-refractivity contribution is -0.124. The molecule has 7 heteroatoms. The van der Waals surface area contributed by atoms with E-state index < -0.39 is 6.04 Å². The van der Waals surface area contributed by atoms with E-state index in [1.54, 1.807) is 51.2 Å². The van der Waals surface area contributed by atoms with Gasteiger partial charge in [0.2, 0.25) is 11.8 Å². The van der Waals surface area contributed by atoms with E-state index in [2.05, 4.69) is 10.6 Å². The van der Waals surface area contributed by atoms with Crippen molar-refractivity contribution in [1.82, 2.24) is 10.2 Å². The largest absolute Gasteiger partial charge is 0.497 e. The first-order chi connectivity index (χ1) is 9.88. The zero-order valence-electron chi connectivity index (χ0n) is 12.8. The minimum absolute atomic E-state index is 0.142. The molecule has 0 radical (unpaired) electrons. The van der Waals surface area contributed by atoms with Gasteiger partial charge in [-0.05, 0) is 26.1 Å². The van der Waals surface area contributed by atoms with E-state index >= 15 is 0 Å². The molecule has 2 amide bonds. The van der Waals surface area contributed by atoms with Crippen molar-refractivity contribution in [2.24, 2.45) is 0 Å². The predicted molar refractivity (Wildman–Crippen MR) is 82.2 cm³/mol. The van der Waals surface area contributed by atoms with Crippen molar-refractivity contribution in [3.8, 4) is 5.75 Å². The topological polar surface area (TPSA) is 96.7 Å². The summed E-state index contributed by atoms with van der Waals surface area (Å²) in [6, 6.07) is 4.56. The maximum Gasteiger partial charge on any atom is 0.241 e. The fraction of sp³-hybridized carbons (Fsp3) is 0.429. The van der Waals surface area contributed by atoms with Crippen LogP contribution in [0.2, 0.25) is 0 Å². The quantitative estimate of drug-likeness (QED) is 0.655. The van der Waals surface area contributed by atoms with Crippen LogP contribution in [0.3, 0.4) is 0 Å². The van der Waals surface area contributed by atoms with Crippen LogP contribution < -0.4 is 21.1 Å². The number of nitrogens with one attached hydrogen (secondary N) is 2. The summed E-state index contributed by atoms with van der Waals surface area (Å²) in [7, 11) is 4.80. The van der Waals surface area contributed by atoms with E-state index in [4.69, 9.17) is 10.5 Å². The Bertz CT molecular complexity index is 519. The Kier molecular flexibility index (Phi) is 5.98. The van der Waals surface area contributed by atoms with Crippen molar-refractivity contribution >= 4 is 23.2 Å². The molecule has 0 aliphatic heterocycles. The molecule has 4 N–H and O–H groups in total. The summed E-state index contributed by atoms with van der Waals surface area (Å²) in [5.41, 5.74) is 6.79. The number of carbonyl (C=O) groups excluding carboxylic acids is 2. The molecule has 0 saturated heterocycles. The van der Waals surface area contributed by atoms with Crippen LogP contribution >= 0.6 is 0 Å². The Labute approximate surface area is 124 Å². The first kappa shape index (κ1) is 16.8. The summed E-state index contributed by atoms with van der Waals surface area (Å²) in [4.78, 5) is 25.1. The predicted octanol–water partition coefficient (Wildman–Crippen LogP) is 0.282. The number of nitrogens with two attached hydrogens (primary N) is 1. The molecular weight excluding hydrogens is 272 g/mol. The average molecular weight is 294 g/mol. The van der Waals surface area contributed by atoms with Crippen molar-refractivity contribution in [3.63, 3.8) is 0 Å². The van der Waals surface area contributed by atoms with Crippen molar-refractivity contribution in [3.05, 3.63) is 18.2 Å². The lowest BCUT2D eigenvalue weighted by Gasteiger charge is -2.23.